The minimum Gasteiger partial charge on any atom is -0.497 e. The van der Waals surface area contributed by atoms with Gasteiger partial charge >= 0.3 is 5.56 Å². The lowest BCUT2D eigenvalue weighted by Gasteiger charge is -2.10. The zero-order chi connectivity index (χ0) is 22.7. The quantitative estimate of drug-likeness (QED) is 0.477. The molecular weight excluding hydrogens is 417 g/mol. The summed E-state index contributed by atoms with van der Waals surface area (Å²) in [5.41, 5.74) is 0.569. The number of nitrogens with one attached hydrogen (secondary N) is 1. The summed E-state index contributed by atoms with van der Waals surface area (Å²) in [7, 11) is 3.05. The topological polar surface area (TPSA) is 99.8 Å². The van der Waals surface area contributed by atoms with Crippen molar-refractivity contribution in [2.24, 2.45) is 0 Å². The van der Waals surface area contributed by atoms with Crippen LogP contribution in [0.1, 0.15) is 12.2 Å². The average molecular weight is 437 g/mol. The van der Waals surface area contributed by atoms with Crippen LogP contribution in [-0.4, -0.2) is 39.3 Å². The molecule has 4 aromatic rings. The highest BCUT2D eigenvalue weighted by Gasteiger charge is 2.14. The molecule has 32 heavy (non-hydrogen) atoms. The molecule has 0 atom stereocenters. The Morgan fingerprint density at radius 1 is 1.06 bits per heavy atom. The second kappa shape index (κ2) is 8.88. The van der Waals surface area contributed by atoms with E-state index >= 15 is 0 Å². The lowest BCUT2D eigenvalue weighted by molar-refractivity contribution is -0.116. The summed E-state index contributed by atoms with van der Waals surface area (Å²) in [5, 5.41) is 10.8. The first kappa shape index (κ1) is 21.0. The maximum Gasteiger partial charge on any atom is 0.300 e. The fraction of sp³-hybridized carbons (Fsp3) is 0.182. The Morgan fingerprint density at radius 3 is 2.50 bits per heavy atom. The zero-order valence-electron chi connectivity index (χ0n) is 17.4. The Balaban J connectivity index is 1.50. The van der Waals surface area contributed by atoms with Crippen LogP contribution in [-0.2, 0) is 11.2 Å². The summed E-state index contributed by atoms with van der Waals surface area (Å²) < 4.78 is 26.7. The Bertz CT molecular complexity index is 1330. The number of fused-ring (bicyclic) bond motifs is 1. The summed E-state index contributed by atoms with van der Waals surface area (Å²) in [5.74, 6) is 0.874. The SMILES string of the molecule is COc1cc(NC(=O)CCc2nnc3c(=O)n(-c4cccc(F)c4)ccn23)cc(OC)c1. The third-order valence-electron chi connectivity index (χ3n) is 4.84. The standard InChI is InChI=1S/C22H20FN5O4/c1-31-17-11-15(12-18(13-17)32-2)24-20(29)7-6-19-25-26-21-22(30)27(8-9-28(19)21)16-5-3-4-14(23)10-16/h3-5,8-13H,6-7H2,1-2H3,(H,24,29). The van der Waals surface area contributed by atoms with Gasteiger partial charge in [-0.25, -0.2) is 4.39 Å². The summed E-state index contributed by atoms with van der Waals surface area (Å²) in [6.45, 7) is 0. The molecule has 1 N–H and O–H groups in total. The van der Waals surface area contributed by atoms with E-state index in [1.54, 1.807) is 30.5 Å². The Morgan fingerprint density at radius 2 is 1.81 bits per heavy atom. The van der Waals surface area contributed by atoms with Crippen molar-refractivity contribution in [3.05, 3.63) is 76.9 Å². The predicted molar refractivity (Wildman–Crippen MR) is 115 cm³/mol. The lowest BCUT2D eigenvalue weighted by Crippen LogP contribution is -2.20. The molecule has 2 heterocycles. The number of rotatable bonds is 7. The van der Waals surface area contributed by atoms with Gasteiger partial charge in [0.1, 0.15) is 23.1 Å². The van der Waals surface area contributed by atoms with Gasteiger partial charge in [0.15, 0.2) is 0 Å². The average Bonchev–Trinajstić information content (AvgIpc) is 3.21. The van der Waals surface area contributed by atoms with Crippen molar-refractivity contribution < 1.29 is 18.7 Å². The van der Waals surface area contributed by atoms with Gasteiger partial charge in [-0.3, -0.25) is 18.6 Å². The van der Waals surface area contributed by atoms with Crippen LogP contribution in [0.15, 0.2) is 59.7 Å². The highest BCUT2D eigenvalue weighted by Crippen LogP contribution is 2.25. The molecule has 1 amide bonds. The summed E-state index contributed by atoms with van der Waals surface area (Å²) in [4.78, 5) is 25.2. The summed E-state index contributed by atoms with van der Waals surface area (Å²) in [6, 6.07) is 10.8. The first-order valence-electron chi connectivity index (χ1n) is 9.72. The fourth-order valence-electron chi connectivity index (χ4n) is 3.26. The van der Waals surface area contributed by atoms with Gasteiger partial charge in [-0.2, -0.15) is 0 Å². The number of amides is 1. The van der Waals surface area contributed by atoms with Crippen LogP contribution in [0.4, 0.5) is 10.1 Å². The predicted octanol–water partition coefficient (Wildman–Crippen LogP) is 2.61. The van der Waals surface area contributed by atoms with Gasteiger partial charge in [-0.15, -0.1) is 10.2 Å². The maximum absolute atomic E-state index is 13.5. The molecule has 0 radical (unpaired) electrons. The monoisotopic (exact) mass is 437 g/mol. The number of methoxy groups -OCH3 is 2. The molecule has 2 aromatic heterocycles. The van der Waals surface area contributed by atoms with E-state index in [0.717, 1.165) is 0 Å². The molecule has 4 rings (SSSR count). The number of anilines is 1. The Kier molecular flexibility index (Phi) is 5.84. The third kappa shape index (κ3) is 4.29. The van der Waals surface area contributed by atoms with E-state index in [2.05, 4.69) is 15.5 Å². The number of hydrogen-bond donors (Lipinski definition) is 1. The van der Waals surface area contributed by atoms with E-state index in [1.807, 2.05) is 0 Å². The number of hydrogen-bond acceptors (Lipinski definition) is 6. The van der Waals surface area contributed by atoms with Gasteiger partial charge in [0.2, 0.25) is 11.6 Å². The number of benzene rings is 2. The van der Waals surface area contributed by atoms with Gasteiger partial charge in [0, 0.05) is 49.1 Å². The van der Waals surface area contributed by atoms with Crippen molar-refractivity contribution >= 4 is 17.2 Å². The third-order valence-corrected chi connectivity index (χ3v) is 4.84. The first-order chi connectivity index (χ1) is 15.5. The number of carbonyl (C=O) groups excluding carboxylic acids is 1. The van der Waals surface area contributed by atoms with Crippen molar-refractivity contribution in [1.29, 1.82) is 0 Å². The molecule has 0 fully saturated rings. The minimum absolute atomic E-state index is 0.0877. The van der Waals surface area contributed by atoms with Gasteiger partial charge in [-0.05, 0) is 18.2 Å². The van der Waals surface area contributed by atoms with E-state index in [9.17, 15) is 14.0 Å². The van der Waals surface area contributed by atoms with Gasteiger partial charge in [-0.1, -0.05) is 6.07 Å². The number of ether oxygens (including phenoxy) is 2. The minimum atomic E-state index is -0.448. The van der Waals surface area contributed by atoms with Crippen LogP contribution < -0.4 is 20.3 Å². The summed E-state index contributed by atoms with van der Waals surface area (Å²) >= 11 is 0. The molecule has 0 saturated heterocycles. The van der Waals surface area contributed by atoms with E-state index in [-0.39, 0.29) is 24.4 Å². The van der Waals surface area contributed by atoms with E-state index in [4.69, 9.17) is 9.47 Å². The Labute approximate surface area is 182 Å². The number of halogens is 1. The largest absolute Gasteiger partial charge is 0.497 e. The molecule has 0 saturated carbocycles. The maximum atomic E-state index is 13.5. The first-order valence-corrected chi connectivity index (χ1v) is 9.72. The second-order valence-corrected chi connectivity index (χ2v) is 6.91. The molecule has 0 unspecified atom stereocenters. The smallest absolute Gasteiger partial charge is 0.300 e. The van der Waals surface area contributed by atoms with Crippen molar-refractivity contribution in [1.82, 2.24) is 19.2 Å². The molecule has 2 aromatic carbocycles. The van der Waals surface area contributed by atoms with Crippen LogP contribution in [0.2, 0.25) is 0 Å². The summed E-state index contributed by atoms with van der Waals surface area (Å²) in [6.07, 6.45) is 3.51. The van der Waals surface area contributed by atoms with E-state index in [1.165, 1.54) is 47.6 Å². The Hall–Kier alpha value is -4.21. The van der Waals surface area contributed by atoms with Crippen LogP contribution in [0.25, 0.3) is 11.3 Å². The van der Waals surface area contributed by atoms with E-state index < -0.39 is 11.4 Å². The molecule has 0 spiro atoms. The highest BCUT2D eigenvalue weighted by molar-refractivity contribution is 5.91. The van der Waals surface area contributed by atoms with Crippen LogP contribution >= 0.6 is 0 Å². The molecule has 0 aliphatic carbocycles. The van der Waals surface area contributed by atoms with Crippen LogP contribution in [0.3, 0.4) is 0 Å². The molecule has 0 bridgehead atoms. The molecule has 164 valence electrons. The molecular formula is C22H20FN5O4. The molecule has 0 aliphatic rings. The molecule has 10 heteroatoms. The second-order valence-electron chi connectivity index (χ2n) is 6.91. The van der Waals surface area contributed by atoms with E-state index in [0.29, 0.717) is 28.7 Å². The van der Waals surface area contributed by atoms with Gasteiger partial charge in [0.05, 0.1) is 19.9 Å². The highest BCUT2D eigenvalue weighted by atomic mass is 19.1. The van der Waals surface area contributed by atoms with Crippen molar-refractivity contribution in [2.75, 3.05) is 19.5 Å². The lowest BCUT2D eigenvalue weighted by atomic mass is 10.2. The van der Waals surface area contributed by atoms with Crippen molar-refractivity contribution in [2.45, 2.75) is 12.8 Å². The number of aromatic nitrogens is 4. The van der Waals surface area contributed by atoms with Crippen LogP contribution in [0.5, 0.6) is 11.5 Å². The van der Waals surface area contributed by atoms with Crippen LogP contribution in [0, 0.1) is 5.82 Å². The molecule has 0 aliphatic heterocycles. The fourth-order valence-corrected chi connectivity index (χ4v) is 3.26. The number of nitrogens with zero attached hydrogens (tertiary/aromatic N) is 4. The zero-order valence-corrected chi connectivity index (χ0v) is 17.4. The van der Waals surface area contributed by atoms with Crippen molar-refractivity contribution in [3.8, 4) is 17.2 Å². The normalized spacial score (nSPS) is 10.8. The number of carbonyl (C=O) groups is 1. The van der Waals surface area contributed by atoms with Crippen molar-refractivity contribution in [3.63, 3.8) is 0 Å². The van der Waals surface area contributed by atoms with Gasteiger partial charge in [0.25, 0.3) is 0 Å². The van der Waals surface area contributed by atoms with Gasteiger partial charge < -0.3 is 14.8 Å². The number of aryl methyl sites for hydroxylation is 1. The molecule has 9 nitrogen and oxygen atoms in total.